The number of rotatable bonds is 17. The molecular formula is C35H44N2O3. The van der Waals surface area contributed by atoms with E-state index in [4.69, 9.17) is 14.2 Å². The number of nitrogens with zero attached hydrogens (tertiary/aromatic N) is 2. The molecule has 5 rings (SSSR count). The molecule has 0 amide bonds. The van der Waals surface area contributed by atoms with Gasteiger partial charge in [0.05, 0.1) is 6.61 Å². The minimum Gasteiger partial charge on any atom is -0.494 e. The lowest BCUT2D eigenvalue weighted by Crippen LogP contribution is -2.04. The van der Waals surface area contributed by atoms with Crippen LogP contribution in [0.4, 0.5) is 0 Å². The summed E-state index contributed by atoms with van der Waals surface area (Å²) in [7, 11) is 0. The van der Waals surface area contributed by atoms with Gasteiger partial charge in [0.2, 0.25) is 5.76 Å². The molecule has 0 radical (unpaired) electrons. The van der Waals surface area contributed by atoms with Gasteiger partial charge in [-0.3, -0.25) is 0 Å². The van der Waals surface area contributed by atoms with E-state index < -0.39 is 6.29 Å². The molecule has 40 heavy (non-hydrogen) atoms. The molecule has 0 spiro atoms. The minimum absolute atomic E-state index is 0.458. The molecule has 0 N–H and O–H groups in total. The van der Waals surface area contributed by atoms with Crippen LogP contribution in [0.2, 0.25) is 0 Å². The average Bonchev–Trinajstić information content (AvgIpc) is 3.70. The lowest BCUT2D eigenvalue weighted by molar-refractivity contribution is -0.0181. The maximum atomic E-state index is 6.16. The summed E-state index contributed by atoms with van der Waals surface area (Å²) in [5.74, 6) is 3.05. The van der Waals surface area contributed by atoms with Gasteiger partial charge >= 0.3 is 0 Å². The van der Waals surface area contributed by atoms with E-state index in [0.29, 0.717) is 11.6 Å². The molecule has 1 atom stereocenters. The molecule has 2 aromatic carbocycles. The fourth-order valence-corrected chi connectivity index (χ4v) is 5.28. The van der Waals surface area contributed by atoms with E-state index in [-0.39, 0.29) is 0 Å². The second kappa shape index (κ2) is 14.9. The second-order valence-electron chi connectivity index (χ2n) is 11.2. The molecule has 1 unspecified atom stereocenters. The summed E-state index contributed by atoms with van der Waals surface area (Å²) in [6.07, 6.45) is 21.6. The quantitative estimate of drug-likeness (QED) is 0.160. The lowest BCUT2D eigenvalue weighted by atomic mass is 10.0. The van der Waals surface area contributed by atoms with Crippen LogP contribution in [0.5, 0.6) is 5.75 Å². The Morgan fingerprint density at radius 3 is 2.35 bits per heavy atom. The van der Waals surface area contributed by atoms with Crippen molar-refractivity contribution in [2.45, 2.75) is 96.7 Å². The molecule has 1 saturated carbocycles. The Hall–Kier alpha value is -3.34. The molecule has 1 fully saturated rings. The van der Waals surface area contributed by atoms with E-state index >= 15 is 0 Å². The maximum Gasteiger partial charge on any atom is 0.267 e. The molecule has 5 nitrogen and oxygen atoms in total. The normalized spacial score (nSPS) is 16.3. The Morgan fingerprint density at radius 1 is 0.800 bits per heavy atom. The lowest BCUT2D eigenvalue weighted by Gasteiger charge is -2.16. The van der Waals surface area contributed by atoms with Gasteiger partial charge in [0.25, 0.3) is 6.29 Å². The van der Waals surface area contributed by atoms with Crippen molar-refractivity contribution in [3.05, 3.63) is 84.1 Å². The highest BCUT2D eigenvalue weighted by atomic mass is 16.7. The average molecular weight is 541 g/mol. The van der Waals surface area contributed by atoms with E-state index in [1.165, 1.54) is 76.2 Å². The zero-order chi connectivity index (χ0) is 27.4. The molecule has 3 aromatic rings. The van der Waals surface area contributed by atoms with Crippen molar-refractivity contribution in [2.24, 2.45) is 5.92 Å². The summed E-state index contributed by atoms with van der Waals surface area (Å²) in [4.78, 5) is 9.14. The zero-order valence-electron chi connectivity index (χ0n) is 24.0. The predicted octanol–water partition coefficient (Wildman–Crippen LogP) is 9.44. The van der Waals surface area contributed by atoms with Crippen molar-refractivity contribution < 1.29 is 14.2 Å². The van der Waals surface area contributed by atoms with Crippen molar-refractivity contribution in [3.8, 4) is 16.9 Å². The van der Waals surface area contributed by atoms with Crippen LogP contribution < -0.4 is 4.74 Å². The molecule has 2 aliphatic rings. The monoisotopic (exact) mass is 540 g/mol. The van der Waals surface area contributed by atoms with Gasteiger partial charge in [0.15, 0.2) is 5.82 Å². The molecule has 0 bridgehead atoms. The van der Waals surface area contributed by atoms with E-state index in [9.17, 15) is 0 Å². The zero-order valence-corrected chi connectivity index (χ0v) is 24.0. The standard InChI is InChI=1S/C35H44N2O3/c1-2-3-4-5-9-14-29-15-10-11-16-32(29)35-39-26-33(40-35)34-36-24-30(25-37-34)28-19-21-31(22-20-28)38-23-12-7-6-8-13-27-17-18-27/h10-11,15-16,19-22,24-27,35H,2-9,12-14,17-18,23H2,1H3. The summed E-state index contributed by atoms with van der Waals surface area (Å²) >= 11 is 0. The van der Waals surface area contributed by atoms with Gasteiger partial charge in [0, 0.05) is 23.5 Å². The number of aromatic nitrogens is 2. The SMILES string of the molecule is CCCCCCCc1ccccc1C1OC=C(c2ncc(-c3ccc(OCCCCCCC4CC4)cc3)cn2)O1. The molecule has 1 aromatic heterocycles. The Balaban J connectivity index is 1.08. The molecule has 212 valence electrons. The first-order valence-electron chi connectivity index (χ1n) is 15.5. The maximum absolute atomic E-state index is 6.16. The first-order chi connectivity index (χ1) is 19.8. The van der Waals surface area contributed by atoms with Crippen molar-refractivity contribution in [3.63, 3.8) is 0 Å². The van der Waals surface area contributed by atoms with Crippen molar-refractivity contribution in [1.82, 2.24) is 9.97 Å². The Bertz CT molecular complexity index is 1200. The van der Waals surface area contributed by atoms with E-state index in [0.717, 1.165) is 47.8 Å². The third-order valence-corrected chi connectivity index (χ3v) is 7.92. The fourth-order valence-electron chi connectivity index (χ4n) is 5.28. The first kappa shape index (κ1) is 28.2. The molecule has 1 aliphatic heterocycles. The molecule has 2 heterocycles. The number of hydrogen-bond acceptors (Lipinski definition) is 5. The number of benzene rings is 2. The van der Waals surface area contributed by atoms with Crippen molar-refractivity contribution >= 4 is 5.76 Å². The van der Waals surface area contributed by atoms with Crippen LogP contribution in [0.25, 0.3) is 16.9 Å². The number of ether oxygens (including phenoxy) is 3. The highest BCUT2D eigenvalue weighted by Gasteiger charge is 2.26. The summed E-state index contributed by atoms with van der Waals surface area (Å²) in [6.45, 7) is 3.03. The predicted molar refractivity (Wildman–Crippen MR) is 161 cm³/mol. The Kier molecular flexibility index (Phi) is 10.5. The van der Waals surface area contributed by atoms with Gasteiger partial charge in [-0.1, -0.05) is 108 Å². The van der Waals surface area contributed by atoms with Gasteiger partial charge in [-0.25, -0.2) is 9.97 Å². The topological polar surface area (TPSA) is 53.5 Å². The van der Waals surface area contributed by atoms with Crippen LogP contribution in [-0.4, -0.2) is 16.6 Å². The van der Waals surface area contributed by atoms with Crippen LogP contribution in [0, 0.1) is 5.92 Å². The first-order valence-corrected chi connectivity index (χ1v) is 15.5. The molecule has 1 aliphatic carbocycles. The third-order valence-electron chi connectivity index (χ3n) is 7.92. The van der Waals surface area contributed by atoms with Crippen molar-refractivity contribution in [1.29, 1.82) is 0 Å². The number of aryl methyl sites for hydroxylation is 1. The van der Waals surface area contributed by atoms with E-state index in [1.54, 1.807) is 6.26 Å². The van der Waals surface area contributed by atoms with Crippen LogP contribution in [0.15, 0.2) is 67.2 Å². The van der Waals surface area contributed by atoms with Crippen LogP contribution in [0.3, 0.4) is 0 Å². The smallest absolute Gasteiger partial charge is 0.267 e. The highest BCUT2D eigenvalue weighted by molar-refractivity contribution is 5.63. The van der Waals surface area contributed by atoms with Gasteiger partial charge in [0.1, 0.15) is 12.0 Å². The highest BCUT2D eigenvalue weighted by Crippen LogP contribution is 2.35. The number of unbranched alkanes of at least 4 members (excludes halogenated alkanes) is 7. The van der Waals surface area contributed by atoms with Gasteiger partial charge in [-0.05, 0) is 48.4 Å². The minimum atomic E-state index is -0.458. The summed E-state index contributed by atoms with van der Waals surface area (Å²) in [5, 5.41) is 0. The Morgan fingerprint density at radius 2 is 1.55 bits per heavy atom. The molecular weight excluding hydrogens is 496 g/mol. The van der Waals surface area contributed by atoms with Gasteiger partial charge in [-0.15, -0.1) is 0 Å². The largest absolute Gasteiger partial charge is 0.494 e. The van der Waals surface area contributed by atoms with Crippen LogP contribution >= 0.6 is 0 Å². The van der Waals surface area contributed by atoms with Crippen LogP contribution in [0.1, 0.15) is 107 Å². The number of hydrogen-bond donors (Lipinski definition) is 0. The third kappa shape index (κ3) is 8.33. The molecule has 5 heteroatoms. The molecule has 0 saturated heterocycles. The van der Waals surface area contributed by atoms with Gasteiger partial charge < -0.3 is 14.2 Å². The van der Waals surface area contributed by atoms with Crippen molar-refractivity contribution in [2.75, 3.05) is 6.61 Å². The van der Waals surface area contributed by atoms with E-state index in [2.05, 4.69) is 47.2 Å². The second-order valence-corrected chi connectivity index (χ2v) is 11.2. The van der Waals surface area contributed by atoms with Gasteiger partial charge in [-0.2, -0.15) is 0 Å². The summed E-state index contributed by atoms with van der Waals surface area (Å²) in [5.41, 5.74) is 4.38. The fraction of sp³-hybridized carbons (Fsp3) is 0.486. The summed E-state index contributed by atoms with van der Waals surface area (Å²) < 4.78 is 18.0. The van der Waals surface area contributed by atoms with E-state index in [1.807, 2.05) is 30.6 Å². The Labute approximate surface area is 240 Å². The summed E-state index contributed by atoms with van der Waals surface area (Å²) in [6, 6.07) is 16.6. The van der Waals surface area contributed by atoms with Crippen LogP contribution in [-0.2, 0) is 15.9 Å².